The van der Waals surface area contributed by atoms with Crippen LogP contribution < -0.4 is 26.0 Å². The minimum atomic E-state index is -0.442. The maximum Gasteiger partial charge on any atom is 0.234 e. The van der Waals surface area contributed by atoms with Gasteiger partial charge in [0, 0.05) is 35.6 Å². The van der Waals surface area contributed by atoms with Crippen molar-refractivity contribution in [1.29, 1.82) is 0 Å². The average Bonchev–Trinajstić information content (AvgIpc) is 2.78. The molecule has 2 aromatic rings. The van der Waals surface area contributed by atoms with Gasteiger partial charge in [-0.15, -0.1) is 11.8 Å². The summed E-state index contributed by atoms with van der Waals surface area (Å²) < 4.78 is 6.11. The normalized spacial score (nSPS) is 17.9. The van der Waals surface area contributed by atoms with Gasteiger partial charge in [0.05, 0.1) is 12.9 Å². The van der Waals surface area contributed by atoms with Crippen LogP contribution >= 0.6 is 27.7 Å². The molecule has 4 N–H and O–H groups in total. The summed E-state index contributed by atoms with van der Waals surface area (Å²) in [6, 6.07) is 14.4. The maximum absolute atomic E-state index is 12.4. The molecule has 3 amide bonds. The number of thioether (sulfide) groups is 1. The van der Waals surface area contributed by atoms with E-state index in [1.807, 2.05) is 36.4 Å². The highest BCUT2D eigenvalue weighted by Crippen LogP contribution is 2.17. The number of methoxy groups -OCH3 is 1. The quantitative estimate of drug-likeness (QED) is 0.404. The first-order valence-electron chi connectivity index (χ1n) is 10.0. The van der Waals surface area contributed by atoms with E-state index in [-0.39, 0.29) is 42.4 Å². The van der Waals surface area contributed by atoms with Gasteiger partial charge in [-0.2, -0.15) is 0 Å². The highest BCUT2D eigenvalue weighted by molar-refractivity contribution is 9.10. The second kappa shape index (κ2) is 11.9. The van der Waals surface area contributed by atoms with Crippen molar-refractivity contribution in [2.45, 2.75) is 30.9 Å². The van der Waals surface area contributed by atoms with Crippen LogP contribution in [0.5, 0.6) is 5.75 Å². The molecule has 0 bridgehead atoms. The van der Waals surface area contributed by atoms with Crippen LogP contribution in [0.3, 0.4) is 0 Å². The van der Waals surface area contributed by atoms with Gasteiger partial charge in [-0.1, -0.05) is 28.1 Å². The number of carbonyl (C=O) groups is 3. The van der Waals surface area contributed by atoms with Crippen molar-refractivity contribution >= 4 is 51.1 Å². The summed E-state index contributed by atoms with van der Waals surface area (Å²) in [5.74, 6) is 0.401. The van der Waals surface area contributed by atoms with Crippen molar-refractivity contribution in [3.05, 3.63) is 58.6 Å². The van der Waals surface area contributed by atoms with Crippen molar-refractivity contribution < 1.29 is 19.1 Å². The standard InChI is InChI=1S/C22H25BrN4O4S/c1-31-18-4-2-3-14(9-18)12-24-19(28)10-17-11-20(29)27-22(26-17)32-13-21(30)25-16-7-5-15(23)6-8-16/h2-9,17,22,26H,10-13H2,1H3,(H,24,28)(H,25,30)(H,27,29). The number of hydrogen-bond donors (Lipinski definition) is 4. The van der Waals surface area contributed by atoms with Gasteiger partial charge < -0.3 is 20.7 Å². The van der Waals surface area contributed by atoms with Crippen LogP contribution in [-0.4, -0.2) is 42.1 Å². The zero-order valence-electron chi connectivity index (χ0n) is 17.5. The molecule has 1 aliphatic heterocycles. The van der Waals surface area contributed by atoms with Gasteiger partial charge in [0.2, 0.25) is 17.7 Å². The first-order valence-corrected chi connectivity index (χ1v) is 11.9. The molecule has 0 saturated carbocycles. The monoisotopic (exact) mass is 520 g/mol. The second-order valence-corrected chi connectivity index (χ2v) is 9.22. The summed E-state index contributed by atoms with van der Waals surface area (Å²) in [6.45, 7) is 0.378. The third kappa shape index (κ3) is 7.85. The minimum Gasteiger partial charge on any atom is -0.497 e. The highest BCUT2D eigenvalue weighted by atomic mass is 79.9. The molecule has 8 nitrogen and oxygen atoms in total. The molecule has 0 spiro atoms. The molecule has 3 rings (SSSR count). The number of halogens is 1. The van der Waals surface area contributed by atoms with E-state index in [1.165, 1.54) is 11.8 Å². The van der Waals surface area contributed by atoms with E-state index in [9.17, 15) is 14.4 Å². The molecule has 170 valence electrons. The van der Waals surface area contributed by atoms with Crippen molar-refractivity contribution in [3.8, 4) is 5.75 Å². The number of hydrogen-bond acceptors (Lipinski definition) is 6. The van der Waals surface area contributed by atoms with E-state index in [0.717, 1.165) is 15.8 Å². The number of anilines is 1. The van der Waals surface area contributed by atoms with E-state index < -0.39 is 5.50 Å². The van der Waals surface area contributed by atoms with E-state index in [2.05, 4.69) is 37.2 Å². The number of ether oxygens (including phenoxy) is 1. The van der Waals surface area contributed by atoms with Crippen LogP contribution in [0.2, 0.25) is 0 Å². The fourth-order valence-corrected chi connectivity index (χ4v) is 4.29. The number of rotatable bonds is 9. The van der Waals surface area contributed by atoms with Gasteiger partial charge in [0.25, 0.3) is 0 Å². The molecule has 10 heteroatoms. The molecular weight excluding hydrogens is 496 g/mol. The molecule has 1 heterocycles. The topological polar surface area (TPSA) is 109 Å². The molecular formula is C22H25BrN4O4S. The third-order valence-corrected chi connectivity index (χ3v) is 6.22. The molecule has 32 heavy (non-hydrogen) atoms. The van der Waals surface area contributed by atoms with Crippen molar-refractivity contribution in [2.24, 2.45) is 0 Å². The molecule has 0 radical (unpaired) electrons. The van der Waals surface area contributed by atoms with Crippen LogP contribution in [0.4, 0.5) is 5.69 Å². The van der Waals surface area contributed by atoms with Crippen LogP contribution in [0.1, 0.15) is 18.4 Å². The first-order chi connectivity index (χ1) is 15.4. The molecule has 2 unspecified atom stereocenters. The Morgan fingerprint density at radius 3 is 2.72 bits per heavy atom. The van der Waals surface area contributed by atoms with Crippen molar-refractivity contribution in [2.75, 3.05) is 18.2 Å². The van der Waals surface area contributed by atoms with Gasteiger partial charge in [-0.3, -0.25) is 19.7 Å². The third-order valence-electron chi connectivity index (χ3n) is 4.68. The first kappa shape index (κ1) is 24.1. The van der Waals surface area contributed by atoms with E-state index >= 15 is 0 Å². The lowest BCUT2D eigenvalue weighted by Crippen LogP contribution is -2.56. The Morgan fingerprint density at radius 1 is 1.19 bits per heavy atom. The summed E-state index contributed by atoms with van der Waals surface area (Å²) >= 11 is 4.62. The summed E-state index contributed by atoms with van der Waals surface area (Å²) in [5.41, 5.74) is 1.19. The predicted molar refractivity (Wildman–Crippen MR) is 128 cm³/mol. The van der Waals surface area contributed by atoms with E-state index in [0.29, 0.717) is 12.2 Å². The Kier molecular flexibility index (Phi) is 8.95. The Labute approximate surface area is 199 Å². The zero-order valence-corrected chi connectivity index (χ0v) is 19.9. The molecule has 1 saturated heterocycles. The Bertz CT molecular complexity index is 957. The smallest absolute Gasteiger partial charge is 0.234 e. The summed E-state index contributed by atoms with van der Waals surface area (Å²) in [5, 5.41) is 11.7. The number of nitrogens with one attached hydrogen (secondary N) is 4. The summed E-state index contributed by atoms with van der Waals surface area (Å²) in [6.07, 6.45) is 0.369. The average molecular weight is 521 g/mol. The van der Waals surface area contributed by atoms with Crippen molar-refractivity contribution in [1.82, 2.24) is 16.0 Å². The zero-order chi connectivity index (χ0) is 22.9. The van der Waals surface area contributed by atoms with Crippen LogP contribution in [0, 0.1) is 0 Å². The molecule has 1 aliphatic rings. The lowest BCUT2D eigenvalue weighted by atomic mass is 10.1. The summed E-state index contributed by atoms with van der Waals surface area (Å²) in [7, 11) is 1.59. The Morgan fingerprint density at radius 2 is 1.97 bits per heavy atom. The van der Waals surface area contributed by atoms with Crippen LogP contribution in [-0.2, 0) is 20.9 Å². The minimum absolute atomic E-state index is 0.153. The van der Waals surface area contributed by atoms with E-state index in [4.69, 9.17) is 4.74 Å². The van der Waals surface area contributed by atoms with Crippen LogP contribution in [0.15, 0.2) is 53.0 Å². The fourth-order valence-electron chi connectivity index (χ4n) is 3.13. The maximum atomic E-state index is 12.4. The molecule has 2 atom stereocenters. The van der Waals surface area contributed by atoms with Gasteiger partial charge >= 0.3 is 0 Å². The van der Waals surface area contributed by atoms with Gasteiger partial charge in [0.1, 0.15) is 11.2 Å². The predicted octanol–water partition coefficient (Wildman–Crippen LogP) is 2.60. The van der Waals surface area contributed by atoms with E-state index in [1.54, 1.807) is 19.2 Å². The van der Waals surface area contributed by atoms with Gasteiger partial charge in [-0.05, 0) is 42.0 Å². The molecule has 2 aromatic carbocycles. The SMILES string of the molecule is COc1cccc(CNC(=O)CC2CC(=O)NC(SCC(=O)Nc3ccc(Br)cc3)N2)c1. The Hall–Kier alpha value is -2.56. The molecule has 0 aliphatic carbocycles. The number of benzene rings is 2. The summed E-state index contributed by atoms with van der Waals surface area (Å²) in [4.78, 5) is 36.6. The lowest BCUT2D eigenvalue weighted by Gasteiger charge is -2.30. The lowest BCUT2D eigenvalue weighted by molar-refractivity contribution is -0.125. The second-order valence-electron chi connectivity index (χ2n) is 7.21. The van der Waals surface area contributed by atoms with Gasteiger partial charge in [-0.25, -0.2) is 0 Å². The largest absolute Gasteiger partial charge is 0.497 e. The number of carbonyl (C=O) groups excluding carboxylic acids is 3. The Balaban J connectivity index is 1.42. The molecule has 1 fully saturated rings. The molecule has 0 aromatic heterocycles. The van der Waals surface area contributed by atoms with Crippen LogP contribution in [0.25, 0.3) is 0 Å². The highest BCUT2D eigenvalue weighted by Gasteiger charge is 2.28. The number of amides is 3. The van der Waals surface area contributed by atoms with Crippen molar-refractivity contribution in [3.63, 3.8) is 0 Å². The fraction of sp³-hybridized carbons (Fsp3) is 0.318. The van der Waals surface area contributed by atoms with Gasteiger partial charge in [0.15, 0.2) is 0 Å².